The second-order valence-electron chi connectivity index (χ2n) is 13.7. The molecule has 0 bridgehead atoms. The minimum atomic E-state index is -3.18. The lowest BCUT2D eigenvalue weighted by atomic mass is 9.91. The van der Waals surface area contributed by atoms with Crippen LogP contribution < -0.4 is 9.64 Å². The molecule has 1 spiro atoms. The van der Waals surface area contributed by atoms with E-state index in [0.29, 0.717) is 84.8 Å². The number of hydrogen-bond acceptors (Lipinski definition) is 8. The number of sulfone groups is 1. The molecule has 0 amide bonds. The molecule has 11 heteroatoms. The van der Waals surface area contributed by atoms with Gasteiger partial charge in [-0.3, -0.25) is 4.90 Å². The van der Waals surface area contributed by atoms with E-state index in [1.807, 2.05) is 11.0 Å². The van der Waals surface area contributed by atoms with E-state index in [1.54, 1.807) is 30.3 Å². The number of hydrogen-bond donors (Lipinski definition) is 1. The summed E-state index contributed by atoms with van der Waals surface area (Å²) in [5.41, 5.74) is 0.808. The molecule has 8 nitrogen and oxygen atoms in total. The maximum atomic E-state index is 16.9. The Labute approximate surface area is 272 Å². The summed E-state index contributed by atoms with van der Waals surface area (Å²) < 4.78 is 62.9. The Morgan fingerprint density at radius 2 is 1.87 bits per heavy atom. The molecule has 5 heterocycles. The smallest absolute Gasteiger partial charge is 0.319 e. The fraction of sp³-hybridized carbons (Fsp3) is 0.444. The summed E-state index contributed by atoms with van der Waals surface area (Å²) in [4.78, 5) is 13.5. The number of phenols is 1. The molecule has 0 radical (unpaired) electrons. The van der Waals surface area contributed by atoms with Crippen LogP contribution in [-0.2, 0) is 9.84 Å². The fourth-order valence-electron chi connectivity index (χ4n) is 8.68. The van der Waals surface area contributed by atoms with Crippen LogP contribution in [0.25, 0.3) is 32.8 Å². The molecular weight excluding hydrogens is 622 g/mol. The summed E-state index contributed by atoms with van der Waals surface area (Å²) in [6.45, 7) is 2.25. The zero-order valence-electron chi connectivity index (χ0n) is 26.0. The first-order chi connectivity index (χ1) is 22.6. The van der Waals surface area contributed by atoms with Crippen LogP contribution >= 0.6 is 0 Å². The number of benzene rings is 3. The molecule has 4 fully saturated rings. The van der Waals surface area contributed by atoms with Crippen LogP contribution in [0.3, 0.4) is 0 Å². The number of aromatic nitrogens is 2. The summed E-state index contributed by atoms with van der Waals surface area (Å²) >= 11 is 0. The van der Waals surface area contributed by atoms with Gasteiger partial charge in [0.05, 0.1) is 16.0 Å². The predicted octanol–water partition coefficient (Wildman–Crippen LogP) is 5.78. The number of ether oxygens (including phenoxy) is 1. The molecule has 47 heavy (non-hydrogen) atoms. The highest BCUT2D eigenvalue weighted by Gasteiger charge is 2.50. The van der Waals surface area contributed by atoms with Gasteiger partial charge in [-0.1, -0.05) is 24.1 Å². The van der Waals surface area contributed by atoms with Crippen molar-refractivity contribution < 1.29 is 27.0 Å². The van der Waals surface area contributed by atoms with Gasteiger partial charge in [-0.2, -0.15) is 9.97 Å². The van der Waals surface area contributed by atoms with E-state index in [-0.39, 0.29) is 35.2 Å². The van der Waals surface area contributed by atoms with Crippen LogP contribution in [0.2, 0.25) is 0 Å². The van der Waals surface area contributed by atoms with Crippen LogP contribution in [0.4, 0.5) is 14.6 Å². The molecular formula is C36H36F2N4O4S. The summed E-state index contributed by atoms with van der Waals surface area (Å²) in [7, 11) is -3.18. The second-order valence-corrected chi connectivity index (χ2v) is 16.2. The molecule has 4 aromatic rings. The van der Waals surface area contributed by atoms with Gasteiger partial charge in [-0.05, 0) is 80.3 Å². The zero-order chi connectivity index (χ0) is 32.6. The van der Waals surface area contributed by atoms with Crippen molar-refractivity contribution >= 4 is 37.3 Å². The Morgan fingerprint density at radius 3 is 2.64 bits per heavy atom. The van der Waals surface area contributed by atoms with E-state index >= 15 is 4.39 Å². The van der Waals surface area contributed by atoms with Crippen LogP contribution in [0.15, 0.2) is 42.5 Å². The van der Waals surface area contributed by atoms with E-state index in [9.17, 15) is 17.9 Å². The van der Waals surface area contributed by atoms with E-state index in [4.69, 9.17) is 16.1 Å². The monoisotopic (exact) mass is 658 g/mol. The molecule has 3 aromatic carbocycles. The highest BCUT2D eigenvalue weighted by molar-refractivity contribution is 7.93. The number of fused-ring (bicyclic) bond motifs is 3. The number of phenolic OH excluding ortho intramolecular Hbond substituents is 1. The average molecular weight is 659 g/mol. The van der Waals surface area contributed by atoms with Gasteiger partial charge in [0.1, 0.15) is 29.9 Å². The van der Waals surface area contributed by atoms with Crippen LogP contribution in [0.1, 0.15) is 50.5 Å². The van der Waals surface area contributed by atoms with Crippen molar-refractivity contribution in [3.8, 4) is 35.2 Å². The van der Waals surface area contributed by atoms with Gasteiger partial charge in [0.15, 0.2) is 15.7 Å². The lowest BCUT2D eigenvalue weighted by molar-refractivity contribution is 0.107. The summed E-state index contributed by atoms with van der Waals surface area (Å²) in [5.74, 6) is 2.73. The Balaban J connectivity index is 1.24. The topological polar surface area (TPSA) is 95.9 Å². The first-order valence-electron chi connectivity index (χ1n) is 16.3. The lowest BCUT2D eigenvalue weighted by Crippen LogP contribution is -2.47. The summed E-state index contributed by atoms with van der Waals surface area (Å²) in [6, 6.07) is 11.9. The molecule has 1 aromatic heterocycles. The number of aromatic hydroxyl groups is 1. The highest BCUT2D eigenvalue weighted by Crippen LogP contribution is 2.45. The molecule has 4 aliphatic rings. The number of terminal acetylenes is 1. The van der Waals surface area contributed by atoms with Crippen molar-refractivity contribution in [3.63, 3.8) is 0 Å². The van der Waals surface area contributed by atoms with Crippen LogP contribution in [0, 0.1) is 18.2 Å². The highest BCUT2D eigenvalue weighted by atomic mass is 32.2. The number of halogens is 2. The summed E-state index contributed by atoms with van der Waals surface area (Å²) in [6.07, 6.45) is 9.30. The van der Waals surface area contributed by atoms with Crippen LogP contribution in [-0.4, -0.2) is 83.4 Å². The third-order valence-corrected chi connectivity index (χ3v) is 13.8. The largest absolute Gasteiger partial charge is 0.508 e. The van der Waals surface area contributed by atoms with Gasteiger partial charge in [-0.25, -0.2) is 17.2 Å². The molecule has 0 saturated carbocycles. The van der Waals surface area contributed by atoms with Crippen molar-refractivity contribution in [2.45, 2.75) is 61.4 Å². The fourth-order valence-corrected chi connectivity index (χ4v) is 10.9. The quantitative estimate of drug-likeness (QED) is 0.270. The first-order valence-corrected chi connectivity index (χ1v) is 18.0. The van der Waals surface area contributed by atoms with Crippen LogP contribution in [0.5, 0.6) is 11.8 Å². The Hall–Kier alpha value is -4.01. The molecule has 4 saturated heterocycles. The maximum Gasteiger partial charge on any atom is 0.319 e. The number of alkyl halides is 1. The molecule has 8 rings (SSSR count). The van der Waals surface area contributed by atoms with Crippen molar-refractivity contribution in [2.24, 2.45) is 0 Å². The summed E-state index contributed by atoms with van der Waals surface area (Å²) in [5, 5.41) is 12.4. The third-order valence-electron chi connectivity index (χ3n) is 11.1. The number of rotatable bonds is 5. The van der Waals surface area contributed by atoms with Gasteiger partial charge in [-0.15, -0.1) is 6.42 Å². The molecule has 4 aliphatic heterocycles. The van der Waals surface area contributed by atoms with Gasteiger partial charge in [0.2, 0.25) is 0 Å². The van der Waals surface area contributed by atoms with Gasteiger partial charge >= 0.3 is 6.01 Å². The minimum absolute atomic E-state index is 0.00839. The van der Waals surface area contributed by atoms with E-state index in [2.05, 4.69) is 15.8 Å². The van der Waals surface area contributed by atoms with E-state index < -0.39 is 32.1 Å². The van der Waals surface area contributed by atoms with E-state index in [0.717, 1.165) is 19.4 Å². The molecule has 0 unspecified atom stereocenters. The average Bonchev–Trinajstić information content (AvgIpc) is 3.68. The van der Waals surface area contributed by atoms with Crippen molar-refractivity contribution in [2.75, 3.05) is 43.4 Å². The third kappa shape index (κ3) is 4.82. The predicted molar refractivity (Wildman–Crippen MR) is 178 cm³/mol. The Bertz CT molecular complexity index is 2080. The lowest BCUT2D eigenvalue weighted by Gasteiger charge is -2.39. The molecule has 0 aliphatic carbocycles. The van der Waals surface area contributed by atoms with Crippen molar-refractivity contribution in [1.29, 1.82) is 0 Å². The standard InChI is InChI=1S/C36H36F2N4O4S/c1-2-23-6-3-7-24-18-26(43)19-29(30(23)24)27-8-9-28-32(31(27)38)39-34(46-22-35-10-4-14-42(35)21-25(37)20-35)40-33(28)41-15-12-36(13-16-41)11-5-17-47(36,44)45/h1,3,6-9,18-19,25,43H,4-5,10-17,20-22H2/t25-,35+/m1/s1. The van der Waals surface area contributed by atoms with Crippen molar-refractivity contribution in [1.82, 2.24) is 14.9 Å². The van der Waals surface area contributed by atoms with Gasteiger partial charge in [0.25, 0.3) is 0 Å². The first kappa shape index (κ1) is 30.3. The SMILES string of the molecule is C#Cc1cccc2cc(O)cc(-c3ccc4c(N5CCC6(CCCS6(=O)=O)CC5)nc(OC[C@@]56CCCN5C[C@H](F)C6)nc4c3F)c12. The zero-order valence-corrected chi connectivity index (χ0v) is 26.8. The second kappa shape index (κ2) is 11.0. The van der Waals surface area contributed by atoms with Gasteiger partial charge in [0, 0.05) is 48.0 Å². The van der Waals surface area contributed by atoms with Gasteiger partial charge < -0.3 is 14.7 Å². The Morgan fingerprint density at radius 1 is 1.04 bits per heavy atom. The maximum absolute atomic E-state index is 16.9. The normalized spacial score (nSPS) is 25.0. The Kier molecular flexibility index (Phi) is 7.12. The number of piperidine rings is 1. The molecule has 244 valence electrons. The number of nitrogens with zero attached hydrogens (tertiary/aromatic N) is 4. The minimum Gasteiger partial charge on any atom is -0.508 e. The number of anilines is 1. The van der Waals surface area contributed by atoms with E-state index in [1.165, 1.54) is 6.07 Å². The molecule has 2 atom stereocenters. The van der Waals surface area contributed by atoms with Crippen molar-refractivity contribution in [3.05, 3.63) is 53.8 Å². The molecule has 1 N–H and O–H groups in total.